The van der Waals surface area contributed by atoms with Gasteiger partial charge in [0.15, 0.2) is 0 Å². The first-order valence-corrected chi connectivity index (χ1v) is 10.8. The largest absolute Gasteiger partial charge is 0.333 e. The van der Waals surface area contributed by atoms with Gasteiger partial charge in [0, 0.05) is 0 Å². The van der Waals surface area contributed by atoms with E-state index in [1.54, 1.807) is 0 Å². The van der Waals surface area contributed by atoms with Crippen LogP contribution in [0.4, 0.5) is 0 Å². The predicted octanol–water partition coefficient (Wildman–Crippen LogP) is 3.66. The van der Waals surface area contributed by atoms with Gasteiger partial charge in [-0.15, -0.1) is 0 Å². The van der Waals surface area contributed by atoms with Gasteiger partial charge in [0.25, 0.3) is 0 Å². The minimum atomic E-state index is -2.87. The topological polar surface area (TPSA) is 35.5 Å². The molecule has 0 atom stereocenters. The fraction of sp³-hybridized carbons (Fsp3) is 1.00. The second-order valence-electron chi connectivity index (χ2n) is 5.11. The van der Waals surface area contributed by atoms with Crippen LogP contribution in [0.25, 0.3) is 0 Å². The van der Waals surface area contributed by atoms with Gasteiger partial charge in [0.05, 0.1) is 26.1 Å². The molecule has 1 saturated carbocycles. The van der Waals surface area contributed by atoms with Crippen LogP contribution in [0.1, 0.15) is 26.7 Å². The van der Waals surface area contributed by atoms with Gasteiger partial charge in [-0.3, -0.25) is 4.57 Å². The highest BCUT2D eigenvalue weighted by Crippen LogP contribution is 2.74. The van der Waals surface area contributed by atoms with E-state index >= 15 is 0 Å². The summed E-state index contributed by atoms with van der Waals surface area (Å²) in [4.78, 5) is 0. The van der Waals surface area contributed by atoms with Crippen LogP contribution in [0.5, 0.6) is 0 Å². The molecule has 0 radical (unpaired) electrons. The highest BCUT2D eigenvalue weighted by Gasteiger charge is 2.66. The van der Waals surface area contributed by atoms with Crippen molar-refractivity contribution in [3.63, 3.8) is 0 Å². The van der Waals surface area contributed by atoms with E-state index in [1.807, 2.05) is 13.8 Å². The summed E-state index contributed by atoms with van der Waals surface area (Å²) in [6.45, 7) is 11.5. The van der Waals surface area contributed by atoms with Crippen LogP contribution in [0.15, 0.2) is 0 Å². The van der Waals surface area contributed by atoms with Gasteiger partial charge in [-0.25, -0.2) is 0 Å². The average Bonchev–Trinajstić information content (AvgIpc) is 2.82. The third kappa shape index (κ3) is 2.23. The Labute approximate surface area is 94.1 Å². The lowest BCUT2D eigenvalue weighted by molar-refractivity contribution is 0.215. The maximum atomic E-state index is 12.7. The molecular formula is C10H23O3PSi. The Kier molecular flexibility index (Phi) is 3.87. The van der Waals surface area contributed by atoms with E-state index in [1.165, 1.54) is 0 Å². The van der Waals surface area contributed by atoms with Gasteiger partial charge in [0.1, 0.15) is 0 Å². The molecule has 90 valence electrons. The van der Waals surface area contributed by atoms with Crippen molar-refractivity contribution in [3.05, 3.63) is 0 Å². The molecule has 0 N–H and O–H groups in total. The quantitative estimate of drug-likeness (QED) is 0.533. The van der Waals surface area contributed by atoms with Crippen molar-refractivity contribution in [2.45, 2.75) is 51.1 Å². The van der Waals surface area contributed by atoms with Crippen LogP contribution >= 0.6 is 7.60 Å². The third-order valence-corrected chi connectivity index (χ3v) is 12.1. The predicted molar refractivity (Wildman–Crippen MR) is 66.2 cm³/mol. The van der Waals surface area contributed by atoms with Crippen molar-refractivity contribution in [1.82, 2.24) is 0 Å². The van der Waals surface area contributed by atoms with Crippen molar-refractivity contribution in [1.29, 1.82) is 0 Å². The first-order valence-electron chi connectivity index (χ1n) is 5.72. The van der Waals surface area contributed by atoms with E-state index in [4.69, 9.17) is 9.05 Å². The van der Waals surface area contributed by atoms with Crippen molar-refractivity contribution < 1.29 is 13.6 Å². The third-order valence-electron chi connectivity index (χ3n) is 3.24. The van der Waals surface area contributed by atoms with Gasteiger partial charge >= 0.3 is 7.60 Å². The fourth-order valence-corrected chi connectivity index (χ4v) is 9.38. The van der Waals surface area contributed by atoms with Gasteiger partial charge in [-0.05, 0) is 26.7 Å². The first-order chi connectivity index (χ1) is 6.83. The molecular weight excluding hydrogens is 227 g/mol. The minimum absolute atomic E-state index is 0.105. The van der Waals surface area contributed by atoms with Crippen LogP contribution in [0, 0.1) is 0 Å². The zero-order valence-electron chi connectivity index (χ0n) is 10.5. The summed E-state index contributed by atoms with van der Waals surface area (Å²) in [6.07, 6.45) is 2.03. The summed E-state index contributed by atoms with van der Waals surface area (Å²) in [5.74, 6) is 0. The molecule has 0 aromatic carbocycles. The molecule has 3 nitrogen and oxygen atoms in total. The summed E-state index contributed by atoms with van der Waals surface area (Å²) in [7, 11) is -4.37. The van der Waals surface area contributed by atoms with E-state index in [0.29, 0.717) is 13.2 Å². The summed E-state index contributed by atoms with van der Waals surface area (Å²) in [5, 5.41) is 0. The maximum absolute atomic E-state index is 12.7. The SMILES string of the molecule is CCOP(=O)(OCC)C1([Si](C)(C)C)CC1. The monoisotopic (exact) mass is 250 g/mol. The Morgan fingerprint density at radius 3 is 1.73 bits per heavy atom. The molecule has 1 fully saturated rings. The maximum Gasteiger partial charge on any atom is 0.333 e. The lowest BCUT2D eigenvalue weighted by Gasteiger charge is -2.34. The molecule has 1 rings (SSSR count). The molecule has 0 aromatic heterocycles. The normalized spacial score (nSPS) is 20.3. The van der Waals surface area contributed by atoms with Crippen LogP contribution in [0.2, 0.25) is 19.6 Å². The van der Waals surface area contributed by atoms with E-state index in [9.17, 15) is 4.57 Å². The lowest BCUT2D eigenvalue weighted by atomic mass is 10.9. The Morgan fingerprint density at radius 2 is 1.53 bits per heavy atom. The van der Waals surface area contributed by atoms with E-state index in [0.717, 1.165) is 12.8 Å². The Hall–Kier alpha value is 0.367. The molecule has 0 amide bonds. The standard InChI is InChI=1S/C10H23O3PSi/c1-6-12-14(11,13-7-2)10(8-9-10)15(3,4)5/h6-9H2,1-5H3. The van der Waals surface area contributed by atoms with Gasteiger partial charge in [0.2, 0.25) is 0 Å². The average molecular weight is 250 g/mol. The molecule has 0 bridgehead atoms. The molecule has 0 heterocycles. The number of hydrogen-bond donors (Lipinski definition) is 0. The Balaban J connectivity index is 2.95. The van der Waals surface area contributed by atoms with Crippen molar-refractivity contribution in [2.24, 2.45) is 0 Å². The van der Waals surface area contributed by atoms with E-state index in [-0.39, 0.29) is 4.78 Å². The minimum Gasteiger partial charge on any atom is -0.309 e. The highest BCUT2D eigenvalue weighted by molar-refractivity contribution is 7.59. The number of rotatable bonds is 6. The van der Waals surface area contributed by atoms with E-state index in [2.05, 4.69) is 19.6 Å². The van der Waals surface area contributed by atoms with Crippen molar-refractivity contribution in [2.75, 3.05) is 13.2 Å². The van der Waals surface area contributed by atoms with Gasteiger partial charge in [-0.2, -0.15) is 0 Å². The summed E-state index contributed by atoms with van der Waals surface area (Å²) >= 11 is 0. The molecule has 15 heavy (non-hydrogen) atoms. The molecule has 0 aliphatic heterocycles. The smallest absolute Gasteiger partial charge is 0.309 e. The van der Waals surface area contributed by atoms with Gasteiger partial charge < -0.3 is 9.05 Å². The second kappa shape index (κ2) is 4.32. The molecule has 0 saturated heterocycles. The first kappa shape index (κ1) is 13.4. The van der Waals surface area contributed by atoms with E-state index < -0.39 is 15.7 Å². The van der Waals surface area contributed by atoms with Crippen molar-refractivity contribution >= 4 is 15.7 Å². The molecule has 0 aromatic rings. The number of hydrogen-bond acceptors (Lipinski definition) is 3. The molecule has 0 unspecified atom stereocenters. The Bertz CT molecular complexity index is 258. The van der Waals surface area contributed by atoms with Crippen LogP contribution < -0.4 is 0 Å². The molecule has 0 spiro atoms. The molecule has 1 aliphatic carbocycles. The zero-order valence-corrected chi connectivity index (χ0v) is 12.4. The van der Waals surface area contributed by atoms with Crippen LogP contribution in [-0.4, -0.2) is 26.1 Å². The van der Waals surface area contributed by atoms with Crippen molar-refractivity contribution in [3.8, 4) is 0 Å². The summed E-state index contributed by atoms with van der Waals surface area (Å²) in [5.41, 5.74) is 0. The molecule has 5 heteroatoms. The summed E-state index contributed by atoms with van der Waals surface area (Å²) in [6, 6.07) is 0. The van der Waals surface area contributed by atoms with Crippen LogP contribution in [0.3, 0.4) is 0 Å². The Morgan fingerprint density at radius 1 is 1.13 bits per heavy atom. The second-order valence-corrected chi connectivity index (χ2v) is 13.4. The molecule has 1 aliphatic rings. The van der Waals surface area contributed by atoms with Gasteiger partial charge in [-0.1, -0.05) is 19.6 Å². The fourth-order valence-electron chi connectivity index (χ4n) is 2.18. The highest BCUT2D eigenvalue weighted by atomic mass is 31.2. The van der Waals surface area contributed by atoms with Crippen LogP contribution in [-0.2, 0) is 13.6 Å². The zero-order chi connectivity index (χ0) is 11.7. The lowest BCUT2D eigenvalue weighted by Crippen LogP contribution is -2.41. The summed E-state index contributed by atoms with van der Waals surface area (Å²) < 4.78 is 23.6.